The first-order chi connectivity index (χ1) is 9.44. The van der Waals surface area contributed by atoms with Gasteiger partial charge in [0.05, 0.1) is 0 Å². The van der Waals surface area contributed by atoms with E-state index < -0.39 is 17.4 Å². The summed E-state index contributed by atoms with van der Waals surface area (Å²) in [4.78, 5) is 23.7. The number of rotatable bonds is 4. The molecule has 1 aromatic rings. The minimum absolute atomic E-state index is 0.163. The van der Waals surface area contributed by atoms with Crippen LogP contribution >= 0.6 is 11.8 Å². The van der Waals surface area contributed by atoms with Gasteiger partial charge in [0.2, 0.25) is 0 Å². The number of aromatic nitrogens is 2. The lowest BCUT2D eigenvalue weighted by atomic mass is 9.92. The van der Waals surface area contributed by atoms with Crippen molar-refractivity contribution in [3.8, 4) is 0 Å². The van der Waals surface area contributed by atoms with Crippen LogP contribution in [0.2, 0.25) is 0 Å². The van der Waals surface area contributed by atoms with Crippen LogP contribution in [0.1, 0.15) is 43.2 Å². The van der Waals surface area contributed by atoms with Crippen LogP contribution in [0.15, 0.2) is 12.3 Å². The monoisotopic (exact) mass is 297 g/mol. The average Bonchev–Trinajstić information content (AvgIpc) is 2.89. The van der Waals surface area contributed by atoms with Gasteiger partial charge < -0.3 is 10.4 Å². The molecular formula is C13H19N3O3S. The van der Waals surface area contributed by atoms with Gasteiger partial charge >= 0.3 is 5.97 Å². The van der Waals surface area contributed by atoms with Gasteiger partial charge in [0.25, 0.3) is 5.91 Å². The van der Waals surface area contributed by atoms with Crippen molar-refractivity contribution in [2.75, 3.05) is 11.5 Å². The Hall–Kier alpha value is -1.50. The molecule has 0 atom stereocenters. The molecule has 110 valence electrons. The van der Waals surface area contributed by atoms with Gasteiger partial charge in [-0.3, -0.25) is 9.48 Å². The first-order valence-electron chi connectivity index (χ1n) is 6.63. The van der Waals surface area contributed by atoms with E-state index in [9.17, 15) is 14.7 Å². The number of thioether (sulfide) groups is 1. The maximum absolute atomic E-state index is 12.2. The largest absolute Gasteiger partial charge is 0.480 e. The number of nitrogens with one attached hydrogen (secondary N) is 1. The number of nitrogens with zero attached hydrogens (tertiary/aromatic N) is 2. The van der Waals surface area contributed by atoms with E-state index in [1.165, 1.54) is 0 Å². The summed E-state index contributed by atoms with van der Waals surface area (Å²) in [6.07, 6.45) is 2.62. The van der Waals surface area contributed by atoms with Crippen LogP contribution in [0.5, 0.6) is 0 Å². The number of carboxylic acids is 1. The first-order valence-corrected chi connectivity index (χ1v) is 7.79. The minimum atomic E-state index is -1.15. The maximum atomic E-state index is 12.2. The fourth-order valence-electron chi connectivity index (χ4n) is 2.14. The van der Waals surface area contributed by atoms with E-state index in [2.05, 4.69) is 10.4 Å². The predicted octanol–water partition coefficient (Wildman–Crippen LogP) is 1.54. The van der Waals surface area contributed by atoms with Gasteiger partial charge in [0.1, 0.15) is 11.2 Å². The lowest BCUT2D eigenvalue weighted by molar-refractivity contribution is -0.144. The van der Waals surface area contributed by atoms with Gasteiger partial charge in [-0.25, -0.2) is 4.79 Å². The molecule has 0 saturated carbocycles. The van der Waals surface area contributed by atoms with E-state index in [-0.39, 0.29) is 11.7 Å². The summed E-state index contributed by atoms with van der Waals surface area (Å²) in [5.41, 5.74) is -0.887. The SMILES string of the molecule is CC(C)n1ccc(C(=O)NC2(C(=O)O)CCSCC2)n1. The number of carbonyl (C=O) groups is 2. The summed E-state index contributed by atoms with van der Waals surface area (Å²) in [5, 5.41) is 16.3. The average molecular weight is 297 g/mol. The van der Waals surface area contributed by atoms with Gasteiger partial charge in [-0.1, -0.05) is 0 Å². The lowest BCUT2D eigenvalue weighted by Crippen LogP contribution is -2.56. The quantitative estimate of drug-likeness (QED) is 0.880. The molecular weight excluding hydrogens is 278 g/mol. The van der Waals surface area contributed by atoms with Gasteiger partial charge in [0, 0.05) is 12.2 Å². The van der Waals surface area contributed by atoms with E-state index in [4.69, 9.17) is 0 Å². The Morgan fingerprint density at radius 2 is 2.10 bits per heavy atom. The minimum Gasteiger partial charge on any atom is -0.480 e. The first kappa shape index (κ1) is 14.9. The van der Waals surface area contributed by atoms with E-state index in [0.717, 1.165) is 11.5 Å². The molecule has 1 saturated heterocycles. The van der Waals surface area contributed by atoms with Crippen LogP contribution in [-0.2, 0) is 4.79 Å². The third-order valence-electron chi connectivity index (χ3n) is 3.48. The smallest absolute Gasteiger partial charge is 0.329 e. The molecule has 0 spiro atoms. The molecule has 2 heterocycles. The molecule has 20 heavy (non-hydrogen) atoms. The lowest BCUT2D eigenvalue weighted by Gasteiger charge is -2.33. The van der Waals surface area contributed by atoms with Gasteiger partial charge in [-0.15, -0.1) is 0 Å². The highest BCUT2D eigenvalue weighted by Gasteiger charge is 2.41. The normalized spacial score (nSPS) is 17.9. The van der Waals surface area contributed by atoms with Gasteiger partial charge in [-0.2, -0.15) is 16.9 Å². The molecule has 0 radical (unpaired) electrons. The van der Waals surface area contributed by atoms with Crippen molar-refractivity contribution in [2.24, 2.45) is 0 Å². The van der Waals surface area contributed by atoms with E-state index in [1.54, 1.807) is 28.7 Å². The zero-order chi connectivity index (χ0) is 14.8. The second-order valence-electron chi connectivity index (χ2n) is 5.23. The van der Waals surface area contributed by atoms with Crippen molar-refractivity contribution in [1.29, 1.82) is 0 Å². The Morgan fingerprint density at radius 1 is 1.45 bits per heavy atom. The molecule has 6 nitrogen and oxygen atoms in total. The fourth-order valence-corrected chi connectivity index (χ4v) is 3.33. The highest BCUT2D eigenvalue weighted by Crippen LogP contribution is 2.27. The Kier molecular flexibility index (Phi) is 4.37. The highest BCUT2D eigenvalue weighted by molar-refractivity contribution is 7.99. The molecule has 0 bridgehead atoms. The maximum Gasteiger partial charge on any atom is 0.329 e. The summed E-state index contributed by atoms with van der Waals surface area (Å²) in [6, 6.07) is 1.78. The van der Waals surface area contributed by atoms with Gasteiger partial charge in [-0.05, 0) is 44.3 Å². The zero-order valence-electron chi connectivity index (χ0n) is 11.6. The number of hydrogen-bond acceptors (Lipinski definition) is 4. The van der Waals surface area contributed by atoms with Crippen LogP contribution in [0, 0.1) is 0 Å². The third-order valence-corrected chi connectivity index (χ3v) is 4.46. The summed E-state index contributed by atoms with van der Waals surface area (Å²) < 4.78 is 1.68. The fraction of sp³-hybridized carbons (Fsp3) is 0.615. The van der Waals surface area contributed by atoms with Crippen LogP contribution in [0.3, 0.4) is 0 Å². The molecule has 0 aromatic carbocycles. The highest BCUT2D eigenvalue weighted by atomic mass is 32.2. The Labute approximate surface area is 121 Å². The van der Waals surface area contributed by atoms with Gasteiger partial charge in [0.15, 0.2) is 0 Å². The summed E-state index contributed by atoms with van der Waals surface area (Å²) in [7, 11) is 0. The number of amides is 1. The summed E-state index contributed by atoms with van der Waals surface area (Å²) >= 11 is 1.71. The number of aliphatic carboxylic acids is 1. The number of carboxylic acid groups (broad SMARTS) is 1. The van der Waals surface area contributed by atoms with Crippen LogP contribution in [-0.4, -0.2) is 43.8 Å². The topological polar surface area (TPSA) is 84.2 Å². The Bertz CT molecular complexity index is 507. The summed E-state index contributed by atoms with van der Waals surface area (Å²) in [5.74, 6) is 0.105. The van der Waals surface area contributed by atoms with E-state index in [1.807, 2.05) is 13.8 Å². The van der Waals surface area contributed by atoms with Crippen molar-refractivity contribution in [3.63, 3.8) is 0 Å². The van der Waals surface area contributed by atoms with Crippen molar-refractivity contribution in [2.45, 2.75) is 38.3 Å². The van der Waals surface area contributed by atoms with Crippen molar-refractivity contribution in [1.82, 2.24) is 15.1 Å². The molecule has 0 unspecified atom stereocenters. The molecule has 0 aliphatic carbocycles. The molecule has 1 aliphatic rings. The molecule has 7 heteroatoms. The van der Waals surface area contributed by atoms with Crippen molar-refractivity contribution < 1.29 is 14.7 Å². The third kappa shape index (κ3) is 2.98. The Balaban J connectivity index is 2.13. The number of carbonyl (C=O) groups excluding carboxylic acids is 1. The molecule has 1 amide bonds. The predicted molar refractivity (Wildman–Crippen MR) is 77.0 cm³/mol. The molecule has 1 aliphatic heterocycles. The number of hydrogen-bond donors (Lipinski definition) is 2. The molecule has 2 N–H and O–H groups in total. The molecule has 1 fully saturated rings. The second kappa shape index (κ2) is 5.87. The molecule has 2 rings (SSSR count). The van der Waals surface area contributed by atoms with E-state index >= 15 is 0 Å². The van der Waals surface area contributed by atoms with Crippen LogP contribution in [0.25, 0.3) is 0 Å². The zero-order valence-corrected chi connectivity index (χ0v) is 12.4. The molecule has 1 aromatic heterocycles. The Morgan fingerprint density at radius 3 is 2.60 bits per heavy atom. The van der Waals surface area contributed by atoms with Crippen molar-refractivity contribution in [3.05, 3.63) is 18.0 Å². The van der Waals surface area contributed by atoms with Crippen LogP contribution < -0.4 is 5.32 Å². The second-order valence-corrected chi connectivity index (χ2v) is 6.45. The van der Waals surface area contributed by atoms with Crippen LogP contribution in [0.4, 0.5) is 0 Å². The van der Waals surface area contributed by atoms with E-state index in [0.29, 0.717) is 12.8 Å². The standard InChI is InChI=1S/C13H19N3O3S/c1-9(2)16-6-3-10(15-16)11(17)14-13(12(18)19)4-7-20-8-5-13/h3,6,9H,4-5,7-8H2,1-2H3,(H,14,17)(H,18,19). The van der Waals surface area contributed by atoms with Crippen molar-refractivity contribution >= 4 is 23.6 Å². The summed E-state index contributed by atoms with van der Waals surface area (Å²) in [6.45, 7) is 3.93.